The minimum Gasteiger partial charge on any atom is -0.377 e. The third kappa shape index (κ3) is 3.50. The molecule has 0 radical (unpaired) electrons. The van der Waals surface area contributed by atoms with E-state index in [-0.39, 0.29) is 11.4 Å². The highest BCUT2D eigenvalue weighted by Gasteiger charge is 2.41. The Kier molecular flexibility index (Phi) is 5.43. The zero-order valence-corrected chi connectivity index (χ0v) is 14.6. The van der Waals surface area contributed by atoms with Gasteiger partial charge in [0.1, 0.15) is 5.25 Å². The van der Waals surface area contributed by atoms with E-state index in [4.69, 9.17) is 4.74 Å². The lowest BCUT2D eigenvalue weighted by atomic mass is 10.1. The van der Waals surface area contributed by atoms with Crippen LogP contribution in [0.4, 0.5) is 0 Å². The van der Waals surface area contributed by atoms with Crippen LogP contribution >= 0.6 is 0 Å². The van der Waals surface area contributed by atoms with Crippen molar-refractivity contribution in [3.63, 3.8) is 0 Å². The van der Waals surface area contributed by atoms with Crippen molar-refractivity contribution in [2.24, 2.45) is 0 Å². The van der Waals surface area contributed by atoms with E-state index in [0.29, 0.717) is 32.2 Å². The average Bonchev–Trinajstić information content (AvgIpc) is 2.79. The third-order valence-corrected chi connectivity index (χ3v) is 8.00. The zero-order valence-electron chi connectivity index (χ0n) is 13.7. The van der Waals surface area contributed by atoms with E-state index < -0.39 is 10.0 Å². The molecule has 0 aromatic heterocycles. The molecule has 3 heterocycles. The number of likely N-dealkylation sites (tertiary alicyclic amines) is 1. The van der Waals surface area contributed by atoms with E-state index in [1.165, 1.54) is 25.7 Å². The van der Waals surface area contributed by atoms with E-state index >= 15 is 0 Å². The Balaban J connectivity index is 1.66. The highest BCUT2D eigenvalue weighted by molar-refractivity contribution is 7.89. The standard InChI is InChI=1S/C16H30N2O3S/c1-14-16(8-12-21-14)22(19,20)18-11-6-7-15(13-18)17-9-4-2-3-5-10-17/h14-16H,2-13H2,1H3/t14-,15-,16-/m0/s1. The maximum absolute atomic E-state index is 12.9. The summed E-state index contributed by atoms with van der Waals surface area (Å²) < 4.78 is 33.1. The molecule has 3 rings (SSSR count). The molecule has 0 unspecified atom stereocenters. The predicted octanol–water partition coefficient (Wildman–Crippen LogP) is 1.83. The van der Waals surface area contributed by atoms with Gasteiger partial charge in [-0.05, 0) is 52.1 Å². The minimum absolute atomic E-state index is 0.163. The first-order valence-corrected chi connectivity index (χ1v) is 10.4. The maximum atomic E-state index is 12.9. The second-order valence-electron chi connectivity index (χ2n) is 7.05. The van der Waals surface area contributed by atoms with E-state index in [0.717, 1.165) is 25.9 Å². The van der Waals surface area contributed by atoms with Crippen molar-refractivity contribution in [1.82, 2.24) is 9.21 Å². The summed E-state index contributed by atoms with van der Waals surface area (Å²) in [5.41, 5.74) is 0. The third-order valence-electron chi connectivity index (χ3n) is 5.57. The van der Waals surface area contributed by atoms with Crippen molar-refractivity contribution in [2.75, 3.05) is 32.8 Å². The summed E-state index contributed by atoms with van der Waals surface area (Å²) in [4.78, 5) is 2.54. The molecule has 22 heavy (non-hydrogen) atoms. The summed E-state index contributed by atoms with van der Waals surface area (Å²) >= 11 is 0. The Morgan fingerprint density at radius 2 is 1.68 bits per heavy atom. The van der Waals surface area contributed by atoms with Crippen LogP contribution in [0.1, 0.15) is 51.9 Å². The second kappa shape index (κ2) is 7.16. The molecule has 3 aliphatic heterocycles. The molecule has 0 aromatic rings. The molecule has 128 valence electrons. The van der Waals surface area contributed by atoms with Crippen molar-refractivity contribution < 1.29 is 13.2 Å². The van der Waals surface area contributed by atoms with Gasteiger partial charge in [-0.2, -0.15) is 0 Å². The molecule has 0 saturated carbocycles. The first-order valence-electron chi connectivity index (χ1n) is 8.93. The van der Waals surface area contributed by atoms with Crippen LogP contribution in [0.2, 0.25) is 0 Å². The van der Waals surface area contributed by atoms with Gasteiger partial charge in [-0.3, -0.25) is 4.90 Å². The molecule has 0 bridgehead atoms. The Morgan fingerprint density at radius 3 is 2.32 bits per heavy atom. The Bertz CT molecular complexity index is 460. The first-order chi connectivity index (χ1) is 10.6. The smallest absolute Gasteiger partial charge is 0.219 e. The van der Waals surface area contributed by atoms with E-state index in [1.54, 1.807) is 4.31 Å². The molecule has 3 aliphatic rings. The van der Waals surface area contributed by atoms with Gasteiger partial charge in [0.25, 0.3) is 0 Å². The van der Waals surface area contributed by atoms with Gasteiger partial charge in [0.2, 0.25) is 10.0 Å². The predicted molar refractivity (Wildman–Crippen MR) is 87.4 cm³/mol. The summed E-state index contributed by atoms with van der Waals surface area (Å²) in [6.07, 6.45) is 7.78. The van der Waals surface area contributed by atoms with E-state index in [9.17, 15) is 8.42 Å². The van der Waals surface area contributed by atoms with Crippen LogP contribution in [0.3, 0.4) is 0 Å². The normalized spacial score (nSPS) is 36.3. The van der Waals surface area contributed by atoms with Crippen LogP contribution in [-0.2, 0) is 14.8 Å². The van der Waals surface area contributed by atoms with Gasteiger partial charge in [0, 0.05) is 25.7 Å². The molecule has 0 amide bonds. The zero-order chi connectivity index (χ0) is 15.6. The maximum Gasteiger partial charge on any atom is 0.219 e. The molecule has 0 N–H and O–H groups in total. The lowest BCUT2D eigenvalue weighted by Crippen LogP contribution is -2.52. The van der Waals surface area contributed by atoms with Crippen LogP contribution in [-0.4, -0.2) is 67.8 Å². The lowest BCUT2D eigenvalue weighted by molar-refractivity contribution is 0.122. The summed E-state index contributed by atoms with van der Waals surface area (Å²) in [6, 6.07) is 0.416. The van der Waals surface area contributed by atoms with Crippen molar-refractivity contribution >= 4 is 10.0 Å². The van der Waals surface area contributed by atoms with Crippen LogP contribution in [0.15, 0.2) is 0 Å². The Morgan fingerprint density at radius 1 is 0.955 bits per heavy atom. The highest BCUT2D eigenvalue weighted by atomic mass is 32.2. The molecule has 3 fully saturated rings. The number of nitrogens with zero attached hydrogens (tertiary/aromatic N) is 2. The van der Waals surface area contributed by atoms with Crippen LogP contribution in [0, 0.1) is 0 Å². The van der Waals surface area contributed by atoms with Gasteiger partial charge in [-0.1, -0.05) is 12.8 Å². The fourth-order valence-corrected chi connectivity index (χ4v) is 6.31. The quantitative estimate of drug-likeness (QED) is 0.792. The monoisotopic (exact) mass is 330 g/mol. The molecular formula is C16H30N2O3S. The molecule has 0 aromatic carbocycles. The van der Waals surface area contributed by atoms with Crippen molar-refractivity contribution in [1.29, 1.82) is 0 Å². The van der Waals surface area contributed by atoms with Gasteiger partial charge in [-0.25, -0.2) is 12.7 Å². The SMILES string of the molecule is C[C@@H]1OCC[C@@H]1S(=O)(=O)N1CCC[C@H](N2CCCCCC2)C1. The van der Waals surface area contributed by atoms with Gasteiger partial charge in [0.15, 0.2) is 0 Å². The molecule has 6 heteroatoms. The van der Waals surface area contributed by atoms with Crippen molar-refractivity contribution in [3.8, 4) is 0 Å². The summed E-state index contributed by atoms with van der Waals surface area (Å²) in [5.74, 6) is 0. The number of hydrogen-bond donors (Lipinski definition) is 0. The molecule has 5 nitrogen and oxygen atoms in total. The topological polar surface area (TPSA) is 49.9 Å². The largest absolute Gasteiger partial charge is 0.377 e. The van der Waals surface area contributed by atoms with Gasteiger partial charge in [-0.15, -0.1) is 0 Å². The number of hydrogen-bond acceptors (Lipinski definition) is 4. The molecule has 0 aliphatic carbocycles. The Hall–Kier alpha value is -0.170. The van der Waals surface area contributed by atoms with Crippen molar-refractivity contribution in [2.45, 2.75) is 69.3 Å². The van der Waals surface area contributed by atoms with Crippen LogP contribution in [0.5, 0.6) is 0 Å². The molecule has 0 spiro atoms. The summed E-state index contributed by atoms with van der Waals surface area (Å²) in [6.45, 7) is 6.13. The lowest BCUT2D eigenvalue weighted by Gasteiger charge is -2.39. The van der Waals surface area contributed by atoms with Gasteiger partial charge in [0.05, 0.1) is 6.10 Å². The van der Waals surface area contributed by atoms with Crippen LogP contribution < -0.4 is 0 Å². The number of rotatable bonds is 3. The number of piperidine rings is 1. The molecule has 3 saturated heterocycles. The fourth-order valence-electron chi connectivity index (χ4n) is 4.21. The number of sulfonamides is 1. The van der Waals surface area contributed by atoms with Gasteiger partial charge >= 0.3 is 0 Å². The second-order valence-corrected chi connectivity index (χ2v) is 9.20. The minimum atomic E-state index is -3.21. The molecular weight excluding hydrogens is 300 g/mol. The van der Waals surface area contributed by atoms with E-state index in [1.807, 2.05) is 6.92 Å². The summed E-state index contributed by atoms with van der Waals surface area (Å²) in [7, 11) is -3.21. The first kappa shape index (κ1) is 16.7. The van der Waals surface area contributed by atoms with Gasteiger partial charge < -0.3 is 4.74 Å². The summed E-state index contributed by atoms with van der Waals surface area (Å²) in [5, 5.41) is -0.338. The van der Waals surface area contributed by atoms with Crippen LogP contribution in [0.25, 0.3) is 0 Å². The fraction of sp³-hybridized carbons (Fsp3) is 1.00. The van der Waals surface area contributed by atoms with E-state index in [2.05, 4.69) is 4.90 Å². The number of ether oxygens (including phenoxy) is 1. The Labute approximate surface area is 135 Å². The molecule has 3 atom stereocenters. The average molecular weight is 330 g/mol. The van der Waals surface area contributed by atoms with Crippen molar-refractivity contribution in [3.05, 3.63) is 0 Å². The highest BCUT2D eigenvalue weighted by Crippen LogP contribution is 2.28.